The maximum absolute atomic E-state index is 12.8. The minimum atomic E-state index is -3.75. The van der Waals surface area contributed by atoms with Gasteiger partial charge in [0.1, 0.15) is 0 Å². The lowest BCUT2D eigenvalue weighted by atomic mass is 10.1. The molecule has 0 aliphatic carbocycles. The minimum absolute atomic E-state index is 0.139. The topological polar surface area (TPSA) is 69.7 Å². The Morgan fingerprint density at radius 3 is 2.28 bits per heavy atom. The van der Waals surface area contributed by atoms with Crippen molar-refractivity contribution in [3.05, 3.63) is 58.1 Å². The molecule has 29 heavy (non-hydrogen) atoms. The summed E-state index contributed by atoms with van der Waals surface area (Å²) in [7, 11) is -3.75. The van der Waals surface area contributed by atoms with Crippen LogP contribution in [-0.4, -0.2) is 51.4 Å². The van der Waals surface area contributed by atoms with Crippen LogP contribution in [0.3, 0.4) is 0 Å². The van der Waals surface area contributed by atoms with Crippen LogP contribution in [0.4, 0.5) is 5.69 Å². The van der Waals surface area contributed by atoms with Gasteiger partial charge in [0.2, 0.25) is 15.9 Å². The Hall–Kier alpha value is -1.90. The highest BCUT2D eigenvalue weighted by Gasteiger charge is 2.28. The van der Waals surface area contributed by atoms with Crippen LogP contribution in [0.2, 0.25) is 0 Å². The molecule has 0 saturated carbocycles. The maximum Gasteiger partial charge on any atom is 0.241 e. The van der Waals surface area contributed by atoms with Crippen molar-refractivity contribution in [3.8, 4) is 0 Å². The fourth-order valence-electron chi connectivity index (χ4n) is 3.48. The molecule has 1 aliphatic rings. The van der Waals surface area contributed by atoms with Crippen LogP contribution in [-0.2, 0) is 14.8 Å². The Kier molecular flexibility index (Phi) is 6.65. The first kappa shape index (κ1) is 21.8. The predicted octanol–water partition coefficient (Wildman–Crippen LogP) is 3.08. The molecule has 1 fully saturated rings. The molecule has 1 saturated heterocycles. The number of halogens is 1. The molecule has 2 aromatic rings. The smallest absolute Gasteiger partial charge is 0.241 e. The Bertz CT molecular complexity index is 985. The quantitative estimate of drug-likeness (QED) is 0.715. The third kappa shape index (κ3) is 4.99. The minimum Gasteiger partial charge on any atom is -0.368 e. The van der Waals surface area contributed by atoms with Crippen molar-refractivity contribution in [2.75, 3.05) is 31.1 Å². The van der Waals surface area contributed by atoms with Crippen molar-refractivity contribution in [1.29, 1.82) is 0 Å². The Balaban J connectivity index is 1.61. The summed E-state index contributed by atoms with van der Waals surface area (Å²) in [4.78, 5) is 17.0. The molecule has 0 bridgehead atoms. The van der Waals surface area contributed by atoms with Crippen LogP contribution >= 0.6 is 15.9 Å². The molecule has 0 aromatic heterocycles. The van der Waals surface area contributed by atoms with E-state index in [0.717, 1.165) is 17.6 Å². The molecular weight excluding hydrogens is 454 g/mol. The summed E-state index contributed by atoms with van der Waals surface area (Å²) in [6, 6.07) is 11.8. The molecule has 1 heterocycles. The van der Waals surface area contributed by atoms with Crippen molar-refractivity contribution in [2.24, 2.45) is 0 Å². The molecule has 1 aliphatic heterocycles. The van der Waals surface area contributed by atoms with Gasteiger partial charge in [-0.05, 0) is 62.2 Å². The fourth-order valence-corrected chi connectivity index (χ4v) is 4.95. The van der Waals surface area contributed by atoms with E-state index in [1.54, 1.807) is 24.0 Å². The Morgan fingerprint density at radius 2 is 1.66 bits per heavy atom. The number of sulfonamides is 1. The SMILES string of the molecule is Cc1cccc(N2CCN(C(=O)[C@@H](C)NS(=O)(=O)c3ccc(Br)cc3)CC2)c1C. The fraction of sp³-hybridized carbons (Fsp3) is 0.381. The first-order valence-corrected chi connectivity index (χ1v) is 11.8. The van der Waals surface area contributed by atoms with Gasteiger partial charge in [-0.15, -0.1) is 0 Å². The van der Waals surface area contributed by atoms with Crippen molar-refractivity contribution >= 4 is 37.5 Å². The number of nitrogens with one attached hydrogen (secondary N) is 1. The van der Waals surface area contributed by atoms with Crippen LogP contribution in [0, 0.1) is 13.8 Å². The monoisotopic (exact) mass is 479 g/mol. The zero-order valence-corrected chi connectivity index (χ0v) is 19.3. The predicted molar refractivity (Wildman–Crippen MR) is 119 cm³/mol. The number of aryl methyl sites for hydroxylation is 1. The van der Waals surface area contributed by atoms with Gasteiger partial charge in [-0.1, -0.05) is 28.1 Å². The van der Waals surface area contributed by atoms with Gasteiger partial charge in [0.25, 0.3) is 0 Å². The van der Waals surface area contributed by atoms with Crippen molar-refractivity contribution in [2.45, 2.75) is 31.7 Å². The number of carbonyl (C=O) groups is 1. The zero-order chi connectivity index (χ0) is 21.2. The number of piperazine rings is 1. The molecule has 1 atom stereocenters. The van der Waals surface area contributed by atoms with Crippen molar-refractivity contribution in [3.63, 3.8) is 0 Å². The number of rotatable bonds is 5. The van der Waals surface area contributed by atoms with Gasteiger partial charge in [0.05, 0.1) is 10.9 Å². The average molecular weight is 480 g/mol. The van der Waals surface area contributed by atoms with E-state index in [1.165, 1.54) is 28.9 Å². The molecule has 1 amide bonds. The van der Waals surface area contributed by atoms with E-state index in [-0.39, 0.29) is 10.8 Å². The van der Waals surface area contributed by atoms with E-state index in [9.17, 15) is 13.2 Å². The van der Waals surface area contributed by atoms with E-state index in [2.05, 4.69) is 51.5 Å². The molecule has 8 heteroatoms. The molecule has 0 radical (unpaired) electrons. The normalized spacial score (nSPS) is 16.0. The van der Waals surface area contributed by atoms with Gasteiger partial charge in [0.15, 0.2) is 0 Å². The summed E-state index contributed by atoms with van der Waals surface area (Å²) >= 11 is 3.29. The van der Waals surface area contributed by atoms with Gasteiger partial charge in [-0.3, -0.25) is 4.79 Å². The summed E-state index contributed by atoms with van der Waals surface area (Å²) in [5.74, 6) is -0.202. The lowest BCUT2D eigenvalue weighted by Crippen LogP contribution is -2.54. The highest BCUT2D eigenvalue weighted by atomic mass is 79.9. The molecule has 2 aromatic carbocycles. The average Bonchev–Trinajstić information content (AvgIpc) is 2.69. The second-order valence-corrected chi connectivity index (χ2v) is 9.96. The highest BCUT2D eigenvalue weighted by Crippen LogP contribution is 2.24. The van der Waals surface area contributed by atoms with E-state index >= 15 is 0 Å². The Labute approximate surface area is 181 Å². The van der Waals surface area contributed by atoms with E-state index in [0.29, 0.717) is 13.1 Å². The van der Waals surface area contributed by atoms with Crippen LogP contribution in [0.15, 0.2) is 51.8 Å². The third-order valence-corrected chi connectivity index (χ3v) is 7.42. The molecule has 0 spiro atoms. The second kappa shape index (κ2) is 8.85. The lowest BCUT2D eigenvalue weighted by molar-refractivity contribution is -0.132. The number of hydrogen-bond donors (Lipinski definition) is 1. The number of amides is 1. The standard InChI is InChI=1S/C21H26BrN3O3S/c1-15-5-4-6-20(16(15)2)24-11-13-25(14-12-24)21(26)17(3)23-29(27,28)19-9-7-18(22)8-10-19/h4-10,17,23H,11-14H2,1-3H3/t17-/m1/s1. The third-order valence-electron chi connectivity index (χ3n) is 5.33. The first-order chi connectivity index (χ1) is 13.7. The van der Waals surface area contributed by atoms with Gasteiger partial charge in [-0.2, -0.15) is 4.72 Å². The lowest BCUT2D eigenvalue weighted by Gasteiger charge is -2.38. The summed E-state index contributed by atoms with van der Waals surface area (Å²) in [5.41, 5.74) is 3.70. The summed E-state index contributed by atoms with van der Waals surface area (Å²) in [6.45, 7) is 8.38. The maximum atomic E-state index is 12.8. The largest absolute Gasteiger partial charge is 0.368 e. The highest BCUT2D eigenvalue weighted by molar-refractivity contribution is 9.10. The molecule has 0 unspecified atom stereocenters. The first-order valence-electron chi connectivity index (χ1n) is 9.57. The van der Waals surface area contributed by atoms with E-state index in [4.69, 9.17) is 0 Å². The van der Waals surface area contributed by atoms with Gasteiger partial charge >= 0.3 is 0 Å². The molecular formula is C21H26BrN3O3S. The molecule has 3 rings (SSSR count). The van der Waals surface area contributed by atoms with Crippen LogP contribution in [0.1, 0.15) is 18.1 Å². The van der Waals surface area contributed by atoms with Crippen LogP contribution in [0.25, 0.3) is 0 Å². The van der Waals surface area contributed by atoms with Gasteiger partial charge in [0, 0.05) is 36.3 Å². The Morgan fingerprint density at radius 1 is 1.03 bits per heavy atom. The van der Waals surface area contributed by atoms with Gasteiger partial charge in [-0.25, -0.2) is 8.42 Å². The summed E-state index contributed by atoms with van der Waals surface area (Å²) in [6.07, 6.45) is 0. The van der Waals surface area contributed by atoms with E-state index < -0.39 is 16.1 Å². The zero-order valence-electron chi connectivity index (χ0n) is 16.9. The number of hydrogen-bond acceptors (Lipinski definition) is 4. The summed E-state index contributed by atoms with van der Waals surface area (Å²) < 4.78 is 28.4. The number of anilines is 1. The van der Waals surface area contributed by atoms with Crippen LogP contribution in [0.5, 0.6) is 0 Å². The number of carbonyl (C=O) groups excluding carboxylic acids is 1. The van der Waals surface area contributed by atoms with Crippen molar-refractivity contribution < 1.29 is 13.2 Å². The molecule has 6 nitrogen and oxygen atoms in total. The number of nitrogens with zero attached hydrogens (tertiary/aromatic N) is 2. The number of benzene rings is 2. The van der Waals surface area contributed by atoms with Gasteiger partial charge < -0.3 is 9.80 Å². The molecule has 1 N–H and O–H groups in total. The second-order valence-electron chi connectivity index (χ2n) is 7.33. The van der Waals surface area contributed by atoms with Crippen LogP contribution < -0.4 is 9.62 Å². The molecule has 156 valence electrons. The van der Waals surface area contributed by atoms with Crippen molar-refractivity contribution in [1.82, 2.24) is 9.62 Å². The van der Waals surface area contributed by atoms with E-state index in [1.807, 2.05) is 6.07 Å². The summed E-state index contributed by atoms with van der Waals surface area (Å²) in [5, 5.41) is 0.